The third-order valence-electron chi connectivity index (χ3n) is 2.26. The lowest BCUT2D eigenvalue weighted by atomic mass is 10.1. The molecule has 4 nitrogen and oxygen atoms in total. The van der Waals surface area contributed by atoms with E-state index in [1.54, 1.807) is 48.5 Å². The second kappa shape index (κ2) is 4.57. The van der Waals surface area contributed by atoms with Crippen molar-refractivity contribution in [1.82, 2.24) is 0 Å². The standard InChI is InChI=1S/C13H10O4/c14-11-5-1-9(2-6-11)10-3-7-12(8-4-10)17-13(15)16/h1-8,14H,(H,15,16). The van der Waals surface area contributed by atoms with Crippen molar-refractivity contribution >= 4 is 6.16 Å². The summed E-state index contributed by atoms with van der Waals surface area (Å²) in [6, 6.07) is 13.4. The van der Waals surface area contributed by atoms with Crippen LogP contribution in [0.15, 0.2) is 48.5 Å². The summed E-state index contributed by atoms with van der Waals surface area (Å²) in [5, 5.41) is 17.6. The van der Waals surface area contributed by atoms with Gasteiger partial charge in [0.1, 0.15) is 11.5 Å². The summed E-state index contributed by atoms with van der Waals surface area (Å²) < 4.78 is 4.50. The van der Waals surface area contributed by atoms with Crippen molar-refractivity contribution in [2.75, 3.05) is 0 Å². The Kier molecular flexibility index (Phi) is 2.96. The van der Waals surface area contributed by atoms with Gasteiger partial charge in [-0.25, -0.2) is 4.79 Å². The van der Waals surface area contributed by atoms with Crippen LogP contribution in [0.25, 0.3) is 11.1 Å². The van der Waals surface area contributed by atoms with E-state index >= 15 is 0 Å². The number of aromatic hydroxyl groups is 1. The van der Waals surface area contributed by atoms with E-state index < -0.39 is 6.16 Å². The lowest BCUT2D eigenvalue weighted by Gasteiger charge is -2.03. The zero-order chi connectivity index (χ0) is 12.3. The van der Waals surface area contributed by atoms with E-state index in [4.69, 9.17) is 10.2 Å². The molecular weight excluding hydrogens is 220 g/mol. The third-order valence-corrected chi connectivity index (χ3v) is 2.26. The third kappa shape index (κ3) is 2.75. The Balaban J connectivity index is 2.23. The molecule has 2 aromatic rings. The average Bonchev–Trinajstić information content (AvgIpc) is 2.30. The average molecular weight is 230 g/mol. The molecule has 0 aliphatic rings. The molecule has 4 heteroatoms. The van der Waals surface area contributed by atoms with Gasteiger partial charge in [0.2, 0.25) is 0 Å². The minimum atomic E-state index is -1.33. The van der Waals surface area contributed by atoms with Crippen molar-refractivity contribution in [1.29, 1.82) is 0 Å². The van der Waals surface area contributed by atoms with Crippen molar-refractivity contribution in [3.63, 3.8) is 0 Å². The molecule has 0 saturated carbocycles. The summed E-state index contributed by atoms with van der Waals surface area (Å²) in [6.07, 6.45) is -1.33. The molecule has 0 aromatic heterocycles. The van der Waals surface area contributed by atoms with Crippen molar-refractivity contribution < 1.29 is 19.7 Å². The molecule has 0 radical (unpaired) electrons. The summed E-state index contributed by atoms with van der Waals surface area (Å²) in [7, 11) is 0. The smallest absolute Gasteiger partial charge is 0.508 e. The number of hydrogen-bond acceptors (Lipinski definition) is 3. The number of carboxylic acid groups (broad SMARTS) is 1. The van der Waals surface area contributed by atoms with Crippen molar-refractivity contribution in [3.05, 3.63) is 48.5 Å². The SMILES string of the molecule is O=C(O)Oc1ccc(-c2ccc(O)cc2)cc1. The van der Waals surface area contributed by atoms with Gasteiger partial charge in [0, 0.05) is 0 Å². The monoisotopic (exact) mass is 230 g/mol. The normalized spacial score (nSPS) is 9.88. The van der Waals surface area contributed by atoms with Crippen LogP contribution in [0, 0.1) is 0 Å². The second-order valence-electron chi connectivity index (χ2n) is 3.44. The number of carbonyl (C=O) groups is 1. The highest BCUT2D eigenvalue weighted by molar-refractivity contribution is 5.66. The largest absolute Gasteiger partial charge is 0.511 e. The maximum Gasteiger partial charge on any atom is 0.511 e. The molecule has 0 heterocycles. The van der Waals surface area contributed by atoms with Crippen LogP contribution in [0.5, 0.6) is 11.5 Å². The number of ether oxygens (including phenoxy) is 1. The van der Waals surface area contributed by atoms with Crippen LogP contribution in [0.4, 0.5) is 4.79 Å². The molecule has 0 saturated heterocycles. The first-order valence-electron chi connectivity index (χ1n) is 4.95. The highest BCUT2D eigenvalue weighted by Crippen LogP contribution is 2.24. The molecule has 0 unspecified atom stereocenters. The first kappa shape index (κ1) is 11.0. The number of rotatable bonds is 2. The van der Waals surface area contributed by atoms with Gasteiger partial charge in [0.25, 0.3) is 0 Å². The summed E-state index contributed by atoms with van der Waals surface area (Å²) >= 11 is 0. The van der Waals surface area contributed by atoms with Gasteiger partial charge in [0.05, 0.1) is 0 Å². The van der Waals surface area contributed by atoms with Gasteiger partial charge in [-0.05, 0) is 35.4 Å². The predicted molar refractivity (Wildman–Crippen MR) is 62.2 cm³/mol. The van der Waals surface area contributed by atoms with Gasteiger partial charge in [-0.2, -0.15) is 0 Å². The Bertz CT molecular complexity index is 514. The Morgan fingerprint density at radius 1 is 0.882 bits per heavy atom. The molecular formula is C13H10O4. The first-order valence-corrected chi connectivity index (χ1v) is 4.95. The quantitative estimate of drug-likeness (QED) is 0.614. The lowest BCUT2D eigenvalue weighted by molar-refractivity contribution is 0.144. The van der Waals surface area contributed by atoms with E-state index in [2.05, 4.69) is 4.74 Å². The minimum absolute atomic E-state index is 0.208. The van der Waals surface area contributed by atoms with Crippen LogP contribution in [-0.4, -0.2) is 16.4 Å². The van der Waals surface area contributed by atoms with Gasteiger partial charge in [-0.3, -0.25) is 0 Å². The highest BCUT2D eigenvalue weighted by atomic mass is 16.7. The van der Waals surface area contributed by atoms with Crippen LogP contribution in [0.3, 0.4) is 0 Å². The first-order chi connectivity index (χ1) is 8.15. The van der Waals surface area contributed by atoms with Crippen molar-refractivity contribution in [3.8, 4) is 22.6 Å². The van der Waals surface area contributed by atoms with Crippen molar-refractivity contribution in [2.45, 2.75) is 0 Å². The summed E-state index contributed by atoms with van der Waals surface area (Å²) in [5.41, 5.74) is 1.85. The Morgan fingerprint density at radius 2 is 1.35 bits per heavy atom. The fourth-order valence-corrected chi connectivity index (χ4v) is 1.47. The number of phenolic OH excluding ortho intramolecular Hbond substituents is 1. The maximum absolute atomic E-state index is 10.3. The number of benzene rings is 2. The fourth-order valence-electron chi connectivity index (χ4n) is 1.47. The van der Waals surface area contributed by atoms with Gasteiger partial charge in [-0.15, -0.1) is 0 Å². The Hall–Kier alpha value is -2.49. The van der Waals surface area contributed by atoms with Crippen molar-refractivity contribution in [2.24, 2.45) is 0 Å². The molecule has 0 aliphatic carbocycles. The van der Waals surface area contributed by atoms with Gasteiger partial charge < -0.3 is 14.9 Å². The van der Waals surface area contributed by atoms with E-state index in [9.17, 15) is 4.79 Å². The Morgan fingerprint density at radius 3 is 1.82 bits per heavy atom. The van der Waals surface area contributed by atoms with Gasteiger partial charge in [-0.1, -0.05) is 24.3 Å². The van der Waals surface area contributed by atoms with Crippen LogP contribution in [0.1, 0.15) is 0 Å². The van der Waals surface area contributed by atoms with E-state index in [0.29, 0.717) is 0 Å². The second-order valence-corrected chi connectivity index (χ2v) is 3.44. The number of phenols is 1. The molecule has 2 rings (SSSR count). The van der Waals surface area contributed by atoms with Crippen LogP contribution in [-0.2, 0) is 0 Å². The van der Waals surface area contributed by atoms with Gasteiger partial charge in [0.15, 0.2) is 0 Å². The van der Waals surface area contributed by atoms with Crippen LogP contribution in [0.2, 0.25) is 0 Å². The molecule has 2 N–H and O–H groups in total. The summed E-state index contributed by atoms with van der Waals surface area (Å²) in [6.45, 7) is 0. The molecule has 0 atom stereocenters. The minimum Gasteiger partial charge on any atom is -0.508 e. The van der Waals surface area contributed by atoms with E-state index in [1.165, 1.54) is 0 Å². The molecule has 86 valence electrons. The topological polar surface area (TPSA) is 66.8 Å². The molecule has 0 aliphatic heterocycles. The molecule has 0 fully saturated rings. The molecule has 0 amide bonds. The number of hydrogen-bond donors (Lipinski definition) is 2. The zero-order valence-corrected chi connectivity index (χ0v) is 8.83. The molecule has 2 aromatic carbocycles. The van der Waals surface area contributed by atoms with E-state index in [1.807, 2.05) is 0 Å². The molecule has 0 bridgehead atoms. The highest BCUT2D eigenvalue weighted by Gasteiger charge is 2.02. The lowest BCUT2D eigenvalue weighted by Crippen LogP contribution is -2.02. The maximum atomic E-state index is 10.3. The molecule has 17 heavy (non-hydrogen) atoms. The summed E-state index contributed by atoms with van der Waals surface area (Å²) in [4.78, 5) is 10.3. The fraction of sp³-hybridized carbons (Fsp3) is 0. The van der Waals surface area contributed by atoms with Crippen LogP contribution < -0.4 is 4.74 Å². The Labute approximate surface area is 97.7 Å². The van der Waals surface area contributed by atoms with E-state index in [-0.39, 0.29) is 11.5 Å². The van der Waals surface area contributed by atoms with E-state index in [0.717, 1.165) is 11.1 Å². The molecule has 0 spiro atoms. The zero-order valence-electron chi connectivity index (χ0n) is 8.83. The van der Waals surface area contributed by atoms with Gasteiger partial charge >= 0.3 is 6.16 Å². The predicted octanol–water partition coefficient (Wildman–Crippen LogP) is 3.12. The summed E-state index contributed by atoms with van der Waals surface area (Å²) in [5.74, 6) is 0.486. The van der Waals surface area contributed by atoms with Crippen LogP contribution >= 0.6 is 0 Å².